The van der Waals surface area contributed by atoms with Gasteiger partial charge in [-0.2, -0.15) is 0 Å². The van der Waals surface area contributed by atoms with E-state index >= 15 is 0 Å². The Labute approximate surface area is 315 Å². The number of phosphoric acid groups is 1. The molecular formula is C42H84NO7P. The highest BCUT2D eigenvalue weighted by Crippen LogP contribution is 2.43. The molecule has 8 nitrogen and oxygen atoms in total. The third-order valence-corrected chi connectivity index (χ3v) is 10.4. The number of esters is 1. The number of rotatable bonds is 42. The highest BCUT2D eigenvalue weighted by Gasteiger charge is 2.25. The second-order valence-corrected chi connectivity index (χ2v) is 16.0. The van der Waals surface area contributed by atoms with Gasteiger partial charge in [0.05, 0.1) is 19.8 Å². The van der Waals surface area contributed by atoms with Crippen molar-refractivity contribution in [3.63, 3.8) is 0 Å². The van der Waals surface area contributed by atoms with Crippen LogP contribution in [0.2, 0.25) is 0 Å². The first-order chi connectivity index (χ1) is 24.9. The first kappa shape index (κ1) is 50.2. The molecule has 0 rings (SSSR count). The van der Waals surface area contributed by atoms with Crippen LogP contribution in [-0.2, 0) is 27.9 Å². The standard InChI is InChI=1S/C42H84NO7P/c1-3-5-7-9-11-13-15-17-19-20-21-22-24-26-28-30-32-34-37-47-39-41(40-49-51(45,46)48-38-36-43)50-42(44)35-33-31-29-27-25-23-18-16-14-12-10-8-6-4-2/h16,18,41H,3-15,17,19-40,43H2,1-2H3,(H,45,46)/b18-16-/t41-/m1/s1. The molecule has 0 heterocycles. The fourth-order valence-corrected chi connectivity index (χ4v) is 6.99. The van der Waals surface area contributed by atoms with Crippen molar-refractivity contribution in [1.82, 2.24) is 0 Å². The summed E-state index contributed by atoms with van der Waals surface area (Å²) >= 11 is 0. The maximum atomic E-state index is 12.6. The van der Waals surface area contributed by atoms with Gasteiger partial charge in [0, 0.05) is 19.6 Å². The molecule has 0 aromatic carbocycles. The Bertz CT molecular complexity index is 797. The van der Waals surface area contributed by atoms with Crippen molar-refractivity contribution in [2.75, 3.05) is 33.0 Å². The molecule has 0 fully saturated rings. The van der Waals surface area contributed by atoms with Crippen LogP contribution in [0.25, 0.3) is 0 Å². The summed E-state index contributed by atoms with van der Waals surface area (Å²) in [5.74, 6) is -0.335. The van der Waals surface area contributed by atoms with Crippen LogP contribution in [0.5, 0.6) is 0 Å². The highest BCUT2D eigenvalue weighted by molar-refractivity contribution is 7.47. The number of unbranched alkanes of at least 4 members (excludes halogenated alkanes) is 27. The molecule has 0 amide bonds. The van der Waals surface area contributed by atoms with Gasteiger partial charge in [-0.15, -0.1) is 0 Å². The molecule has 0 saturated carbocycles. The number of phosphoric ester groups is 1. The summed E-state index contributed by atoms with van der Waals surface area (Å²) < 4.78 is 33.4. The first-order valence-electron chi connectivity index (χ1n) is 21.7. The van der Waals surface area contributed by atoms with Crippen molar-refractivity contribution >= 4 is 13.8 Å². The zero-order valence-electron chi connectivity index (χ0n) is 33.6. The van der Waals surface area contributed by atoms with Crippen molar-refractivity contribution in [3.8, 4) is 0 Å². The summed E-state index contributed by atoms with van der Waals surface area (Å²) in [6.07, 6.45) is 42.3. The van der Waals surface area contributed by atoms with E-state index in [1.807, 2.05) is 0 Å². The zero-order chi connectivity index (χ0) is 37.4. The molecule has 0 aliphatic heterocycles. The van der Waals surface area contributed by atoms with Crippen LogP contribution >= 0.6 is 7.82 Å². The Hall–Kier alpha value is -0.760. The SMILES string of the molecule is CCCCCCC/C=C\CCCCCCCC(=O)O[C@H](COCCCCCCCCCCCCCCCCCCCC)COP(=O)(O)OCCN. The Morgan fingerprint density at radius 3 is 1.43 bits per heavy atom. The molecule has 304 valence electrons. The maximum Gasteiger partial charge on any atom is 0.472 e. The van der Waals surface area contributed by atoms with Gasteiger partial charge in [0.1, 0.15) is 6.10 Å². The van der Waals surface area contributed by atoms with Crippen LogP contribution in [0.15, 0.2) is 12.2 Å². The minimum absolute atomic E-state index is 0.0937. The van der Waals surface area contributed by atoms with Crippen LogP contribution in [0.1, 0.15) is 213 Å². The lowest BCUT2D eigenvalue weighted by molar-refractivity contribution is -0.154. The summed E-state index contributed by atoms with van der Waals surface area (Å²) in [6.45, 7) is 4.94. The van der Waals surface area contributed by atoms with E-state index in [0.29, 0.717) is 13.0 Å². The molecule has 1 unspecified atom stereocenters. The lowest BCUT2D eigenvalue weighted by Crippen LogP contribution is -2.28. The van der Waals surface area contributed by atoms with E-state index in [9.17, 15) is 14.3 Å². The van der Waals surface area contributed by atoms with Gasteiger partial charge in [-0.25, -0.2) is 4.57 Å². The zero-order valence-corrected chi connectivity index (χ0v) is 34.5. The normalized spacial score (nSPS) is 13.6. The third-order valence-electron chi connectivity index (χ3n) is 9.43. The van der Waals surface area contributed by atoms with Gasteiger partial charge >= 0.3 is 13.8 Å². The van der Waals surface area contributed by atoms with Crippen LogP contribution in [0, 0.1) is 0 Å². The minimum atomic E-state index is -4.27. The van der Waals surface area contributed by atoms with Crippen molar-refractivity contribution in [2.24, 2.45) is 5.73 Å². The molecule has 0 aromatic rings. The smallest absolute Gasteiger partial charge is 0.457 e. The Balaban J connectivity index is 3.99. The van der Waals surface area contributed by atoms with Crippen molar-refractivity contribution in [2.45, 2.75) is 219 Å². The van der Waals surface area contributed by atoms with Gasteiger partial charge in [-0.05, 0) is 38.5 Å². The molecule has 0 spiro atoms. The predicted molar refractivity (Wildman–Crippen MR) is 215 cm³/mol. The first-order valence-corrected chi connectivity index (χ1v) is 23.2. The molecule has 3 N–H and O–H groups in total. The number of carbonyl (C=O) groups is 1. The maximum absolute atomic E-state index is 12.6. The van der Waals surface area contributed by atoms with Gasteiger partial charge in [0.25, 0.3) is 0 Å². The van der Waals surface area contributed by atoms with Gasteiger partial charge in [-0.1, -0.05) is 180 Å². The van der Waals surface area contributed by atoms with Gasteiger partial charge in [0.2, 0.25) is 0 Å². The molecular weight excluding hydrogens is 661 g/mol. The summed E-state index contributed by atoms with van der Waals surface area (Å²) in [5, 5.41) is 0. The van der Waals surface area contributed by atoms with Gasteiger partial charge < -0.3 is 20.1 Å². The predicted octanol–water partition coefficient (Wildman–Crippen LogP) is 12.7. The van der Waals surface area contributed by atoms with Crippen LogP contribution in [0.4, 0.5) is 0 Å². The number of ether oxygens (including phenoxy) is 2. The number of nitrogens with two attached hydrogens (primary N) is 1. The molecule has 0 aliphatic carbocycles. The van der Waals surface area contributed by atoms with E-state index in [2.05, 4.69) is 26.0 Å². The largest absolute Gasteiger partial charge is 0.472 e. The van der Waals surface area contributed by atoms with E-state index < -0.39 is 13.9 Å². The quantitative estimate of drug-likeness (QED) is 0.0274. The van der Waals surface area contributed by atoms with E-state index in [1.54, 1.807) is 0 Å². The molecule has 0 radical (unpaired) electrons. The molecule has 9 heteroatoms. The van der Waals surface area contributed by atoms with E-state index in [1.165, 1.54) is 148 Å². The number of allylic oxidation sites excluding steroid dienone is 2. The average Bonchev–Trinajstić information content (AvgIpc) is 3.12. The molecule has 0 aliphatic rings. The molecule has 2 atom stereocenters. The number of carbonyl (C=O) groups excluding carboxylic acids is 1. The van der Waals surface area contributed by atoms with Gasteiger partial charge in [-0.3, -0.25) is 13.8 Å². The van der Waals surface area contributed by atoms with Gasteiger partial charge in [0.15, 0.2) is 0 Å². The molecule has 0 saturated heterocycles. The fraction of sp³-hybridized carbons (Fsp3) is 0.929. The Kier molecular flexibility index (Phi) is 39.8. The van der Waals surface area contributed by atoms with Crippen molar-refractivity contribution in [1.29, 1.82) is 0 Å². The Morgan fingerprint density at radius 2 is 0.980 bits per heavy atom. The summed E-state index contributed by atoms with van der Waals surface area (Å²) in [6, 6.07) is 0. The molecule has 0 bridgehead atoms. The van der Waals surface area contributed by atoms with Crippen LogP contribution in [-0.4, -0.2) is 49.9 Å². The summed E-state index contributed by atoms with van der Waals surface area (Å²) in [7, 11) is -4.27. The number of hydrogen-bond donors (Lipinski definition) is 2. The second-order valence-electron chi connectivity index (χ2n) is 14.6. The molecule has 0 aromatic heterocycles. The lowest BCUT2D eigenvalue weighted by Gasteiger charge is -2.20. The van der Waals surface area contributed by atoms with Crippen molar-refractivity contribution in [3.05, 3.63) is 12.2 Å². The average molecular weight is 746 g/mol. The van der Waals surface area contributed by atoms with E-state index in [0.717, 1.165) is 44.9 Å². The topological polar surface area (TPSA) is 117 Å². The Morgan fingerprint density at radius 1 is 0.569 bits per heavy atom. The second kappa shape index (κ2) is 40.4. The minimum Gasteiger partial charge on any atom is -0.457 e. The van der Waals surface area contributed by atoms with Crippen LogP contribution in [0.3, 0.4) is 0 Å². The highest BCUT2D eigenvalue weighted by atomic mass is 31.2. The monoisotopic (exact) mass is 746 g/mol. The fourth-order valence-electron chi connectivity index (χ4n) is 6.23. The summed E-state index contributed by atoms with van der Waals surface area (Å²) in [4.78, 5) is 22.4. The van der Waals surface area contributed by atoms with Crippen LogP contribution < -0.4 is 5.73 Å². The lowest BCUT2D eigenvalue weighted by atomic mass is 10.0. The third kappa shape index (κ3) is 40.3. The molecule has 51 heavy (non-hydrogen) atoms. The van der Waals surface area contributed by atoms with E-state index in [4.69, 9.17) is 24.3 Å². The van der Waals surface area contributed by atoms with Crippen molar-refractivity contribution < 1.29 is 32.8 Å². The summed E-state index contributed by atoms with van der Waals surface area (Å²) in [5.41, 5.74) is 5.37. The number of hydrogen-bond acceptors (Lipinski definition) is 7. The van der Waals surface area contributed by atoms with E-state index in [-0.39, 0.29) is 32.3 Å².